The van der Waals surface area contributed by atoms with E-state index in [-0.39, 0.29) is 28.0 Å². The zero-order valence-corrected chi connectivity index (χ0v) is 21.5. The summed E-state index contributed by atoms with van der Waals surface area (Å²) in [5, 5.41) is 6.62. The van der Waals surface area contributed by atoms with Crippen molar-refractivity contribution in [3.05, 3.63) is 87.6 Å². The fraction of sp³-hybridized carbons (Fsp3) is 0.308. The summed E-state index contributed by atoms with van der Waals surface area (Å²) in [4.78, 5) is 21.0. The van der Waals surface area contributed by atoms with Crippen LogP contribution in [0, 0.1) is 5.82 Å². The number of rotatable bonds is 6. The van der Waals surface area contributed by atoms with Crippen LogP contribution in [-0.2, 0) is 17.6 Å². The molecule has 37 heavy (non-hydrogen) atoms. The Hall–Kier alpha value is -3.34. The van der Waals surface area contributed by atoms with Crippen molar-refractivity contribution < 1.29 is 13.9 Å². The van der Waals surface area contributed by atoms with Crippen LogP contribution in [0.5, 0.6) is 0 Å². The van der Waals surface area contributed by atoms with Gasteiger partial charge in [-0.05, 0) is 72.8 Å². The van der Waals surface area contributed by atoms with E-state index < -0.39 is 6.04 Å². The first-order valence-corrected chi connectivity index (χ1v) is 12.9. The Balaban J connectivity index is 1.24. The van der Waals surface area contributed by atoms with E-state index in [0.29, 0.717) is 36.3 Å². The smallest absolute Gasteiger partial charge is 0.252 e. The predicted molar refractivity (Wildman–Crippen MR) is 143 cm³/mol. The number of hydrogen-bond donors (Lipinski definition) is 4. The van der Waals surface area contributed by atoms with Gasteiger partial charge in [0.2, 0.25) is 0 Å². The van der Waals surface area contributed by atoms with Crippen molar-refractivity contribution in [3.8, 4) is 0 Å². The molecule has 2 unspecified atom stereocenters. The molecule has 192 valence electrons. The molecule has 4 N–H and O–H groups in total. The van der Waals surface area contributed by atoms with Gasteiger partial charge in [0.05, 0.1) is 22.7 Å². The zero-order chi connectivity index (χ0) is 25.8. The van der Waals surface area contributed by atoms with Crippen molar-refractivity contribution >= 4 is 40.7 Å². The summed E-state index contributed by atoms with van der Waals surface area (Å²) in [5.74, 6) is -0.207. The molecule has 3 heterocycles. The van der Waals surface area contributed by atoms with Crippen LogP contribution in [0.1, 0.15) is 51.5 Å². The Kier molecular flexibility index (Phi) is 7.78. The first kappa shape index (κ1) is 25.3. The molecule has 1 fully saturated rings. The third kappa shape index (κ3) is 5.82. The standard InChI is InChI=1S/C26H26ClFN6O2S/c27-21-11-16(25(35)31-13-17-3-2-10-36-17)12-30-24(21)33-34-26(37)32-23-19-4-1-5-22(28)18(19)7-6-15-8-9-29-14-20(15)23/h1,4-5,8-9,11-12,14,17,23H,2-3,6-7,10,13H2,(H,30,33)(H,31,35)(H2,32,34,37). The summed E-state index contributed by atoms with van der Waals surface area (Å²) in [7, 11) is 0. The molecule has 0 bridgehead atoms. The van der Waals surface area contributed by atoms with Crippen LogP contribution in [0.2, 0.25) is 5.02 Å². The number of aryl methyl sites for hydroxylation is 1. The minimum absolute atomic E-state index is 0.0469. The second-order valence-corrected chi connectivity index (χ2v) is 9.75. The Morgan fingerprint density at radius 2 is 2.11 bits per heavy atom. The van der Waals surface area contributed by atoms with Gasteiger partial charge in [0.15, 0.2) is 10.9 Å². The number of nitrogens with zero attached hydrogens (tertiary/aromatic N) is 2. The summed E-state index contributed by atoms with van der Waals surface area (Å²) in [6.07, 6.45) is 8.23. The van der Waals surface area contributed by atoms with Gasteiger partial charge in [-0.3, -0.25) is 20.6 Å². The number of aromatic nitrogens is 2. The Labute approximate surface area is 224 Å². The highest BCUT2D eigenvalue weighted by Gasteiger charge is 2.26. The monoisotopic (exact) mass is 540 g/mol. The highest BCUT2D eigenvalue weighted by molar-refractivity contribution is 7.80. The molecular weight excluding hydrogens is 515 g/mol. The van der Waals surface area contributed by atoms with Gasteiger partial charge < -0.3 is 15.4 Å². The van der Waals surface area contributed by atoms with Gasteiger partial charge in [-0.15, -0.1) is 0 Å². The Morgan fingerprint density at radius 3 is 2.92 bits per heavy atom. The first-order valence-electron chi connectivity index (χ1n) is 12.1. The van der Waals surface area contributed by atoms with Crippen molar-refractivity contribution in [1.82, 2.24) is 26.0 Å². The number of ether oxygens (including phenoxy) is 1. The van der Waals surface area contributed by atoms with Gasteiger partial charge >= 0.3 is 0 Å². The number of anilines is 1. The number of fused-ring (bicyclic) bond motifs is 2. The molecule has 11 heteroatoms. The molecule has 1 saturated heterocycles. The van der Waals surface area contributed by atoms with E-state index in [0.717, 1.165) is 36.1 Å². The van der Waals surface area contributed by atoms with Gasteiger partial charge in [0.25, 0.3) is 5.91 Å². The van der Waals surface area contributed by atoms with Crippen molar-refractivity contribution in [2.24, 2.45) is 0 Å². The average molecular weight is 541 g/mol. The average Bonchev–Trinajstić information content (AvgIpc) is 3.37. The van der Waals surface area contributed by atoms with E-state index in [1.54, 1.807) is 18.5 Å². The molecular formula is C26H26ClFN6O2S. The lowest BCUT2D eigenvalue weighted by Crippen LogP contribution is -2.41. The molecule has 8 nitrogen and oxygen atoms in total. The number of nitrogens with one attached hydrogen (secondary N) is 4. The summed E-state index contributed by atoms with van der Waals surface area (Å²) in [6.45, 7) is 1.18. The number of hydrazine groups is 1. The molecule has 2 aliphatic rings. The number of hydrogen-bond acceptors (Lipinski definition) is 6. The topological polar surface area (TPSA) is 100 Å². The Bertz CT molecular complexity index is 1320. The lowest BCUT2D eigenvalue weighted by Gasteiger charge is -2.23. The third-order valence-corrected chi connectivity index (χ3v) is 7.06. The number of halogens is 2. The zero-order valence-electron chi connectivity index (χ0n) is 19.9. The van der Waals surface area contributed by atoms with Crippen LogP contribution in [0.25, 0.3) is 0 Å². The maximum Gasteiger partial charge on any atom is 0.252 e. The number of pyridine rings is 2. The molecule has 1 aromatic carbocycles. The van der Waals surface area contributed by atoms with Crippen molar-refractivity contribution in [2.45, 2.75) is 37.8 Å². The SMILES string of the molecule is O=C(NCC1CCCO1)c1cnc(NNC(=S)NC2c3cnccc3CCc3c(F)cccc32)c(Cl)c1. The van der Waals surface area contributed by atoms with E-state index in [1.165, 1.54) is 18.3 Å². The molecule has 0 spiro atoms. The fourth-order valence-electron chi connectivity index (χ4n) is 4.67. The molecule has 2 atom stereocenters. The van der Waals surface area contributed by atoms with Crippen molar-refractivity contribution in [1.29, 1.82) is 0 Å². The lowest BCUT2D eigenvalue weighted by molar-refractivity contribution is 0.0857. The van der Waals surface area contributed by atoms with Crippen LogP contribution in [0.3, 0.4) is 0 Å². The second-order valence-electron chi connectivity index (χ2n) is 8.94. The van der Waals surface area contributed by atoms with Crippen LogP contribution in [-0.4, -0.2) is 40.2 Å². The minimum Gasteiger partial charge on any atom is -0.376 e. The van der Waals surface area contributed by atoms with E-state index in [1.807, 2.05) is 12.1 Å². The number of benzene rings is 1. The van der Waals surface area contributed by atoms with E-state index in [2.05, 4.69) is 31.5 Å². The van der Waals surface area contributed by atoms with E-state index in [4.69, 9.17) is 28.6 Å². The van der Waals surface area contributed by atoms with Gasteiger partial charge in [0.1, 0.15) is 5.82 Å². The highest BCUT2D eigenvalue weighted by Crippen LogP contribution is 2.33. The van der Waals surface area contributed by atoms with Crippen LogP contribution in [0.4, 0.5) is 10.2 Å². The minimum atomic E-state index is -0.392. The van der Waals surface area contributed by atoms with Gasteiger partial charge in [-0.1, -0.05) is 23.7 Å². The molecule has 0 saturated carbocycles. The number of thiocarbonyl (C=S) groups is 1. The Morgan fingerprint density at radius 1 is 1.22 bits per heavy atom. The molecule has 1 aliphatic carbocycles. The van der Waals surface area contributed by atoms with Gasteiger partial charge in [0, 0.05) is 37.3 Å². The van der Waals surface area contributed by atoms with Crippen molar-refractivity contribution in [3.63, 3.8) is 0 Å². The molecule has 1 amide bonds. The molecule has 5 rings (SSSR count). The summed E-state index contributed by atoms with van der Waals surface area (Å²) in [6, 6.07) is 8.16. The fourth-order valence-corrected chi connectivity index (χ4v) is 5.05. The molecule has 0 radical (unpaired) electrons. The highest BCUT2D eigenvalue weighted by atomic mass is 35.5. The van der Waals surface area contributed by atoms with Crippen LogP contribution < -0.4 is 21.5 Å². The van der Waals surface area contributed by atoms with Gasteiger partial charge in [-0.25, -0.2) is 9.37 Å². The van der Waals surface area contributed by atoms with Crippen LogP contribution >= 0.6 is 23.8 Å². The number of amides is 1. The largest absolute Gasteiger partial charge is 0.376 e. The van der Waals surface area contributed by atoms with E-state index in [9.17, 15) is 9.18 Å². The summed E-state index contributed by atoms with van der Waals surface area (Å²) < 4.78 is 20.2. The molecule has 1 aliphatic heterocycles. The maximum atomic E-state index is 14.7. The number of carbonyl (C=O) groups excluding carboxylic acids is 1. The molecule has 3 aromatic rings. The third-order valence-electron chi connectivity index (χ3n) is 6.56. The van der Waals surface area contributed by atoms with Crippen LogP contribution in [0.15, 0.2) is 48.9 Å². The predicted octanol–water partition coefficient (Wildman–Crippen LogP) is 3.86. The first-order chi connectivity index (χ1) is 18.0. The van der Waals surface area contributed by atoms with E-state index >= 15 is 0 Å². The van der Waals surface area contributed by atoms with Gasteiger partial charge in [-0.2, -0.15) is 0 Å². The molecule has 2 aromatic heterocycles. The number of carbonyl (C=O) groups is 1. The normalized spacial score (nSPS) is 18.2. The second kappa shape index (κ2) is 11.4. The summed E-state index contributed by atoms with van der Waals surface area (Å²) >= 11 is 11.9. The summed E-state index contributed by atoms with van der Waals surface area (Å²) in [5.41, 5.74) is 9.60. The quantitative estimate of drug-likeness (QED) is 0.276. The van der Waals surface area contributed by atoms with Crippen molar-refractivity contribution in [2.75, 3.05) is 18.6 Å². The lowest BCUT2D eigenvalue weighted by atomic mass is 9.96. The maximum absolute atomic E-state index is 14.7.